The second-order valence-corrected chi connectivity index (χ2v) is 46.7. The minimum atomic E-state index is -4.58. The van der Waals surface area contributed by atoms with Gasteiger partial charge >= 0.3 is 0 Å². The highest BCUT2D eigenvalue weighted by atomic mass is 35.5. The Hall–Kier alpha value is -10.6. The quantitative estimate of drug-likeness (QED) is 0.0274. The van der Waals surface area contributed by atoms with Gasteiger partial charge in [-0.2, -0.15) is 0 Å². The van der Waals surface area contributed by atoms with Crippen molar-refractivity contribution in [1.82, 2.24) is 39.2 Å². The zero-order valence-electron chi connectivity index (χ0n) is 75.1. The Morgan fingerprint density at radius 1 is 0.550 bits per heavy atom. The third-order valence-electron chi connectivity index (χ3n) is 26.9. The van der Waals surface area contributed by atoms with E-state index < -0.39 is 71.0 Å². The van der Waals surface area contributed by atoms with Gasteiger partial charge in [-0.3, -0.25) is 39.6 Å². The van der Waals surface area contributed by atoms with Gasteiger partial charge in [0.15, 0.2) is 0 Å². The molecule has 694 valence electrons. The van der Waals surface area contributed by atoms with Crippen LogP contribution in [0.4, 0.5) is 22.7 Å². The summed E-state index contributed by atoms with van der Waals surface area (Å²) in [4.78, 5) is 75.1. The van der Waals surface area contributed by atoms with Gasteiger partial charge in [0.05, 0.1) is 43.2 Å². The van der Waals surface area contributed by atoms with Crippen LogP contribution in [0.1, 0.15) is 156 Å². The highest BCUT2D eigenvalue weighted by Crippen LogP contribution is 2.47. The lowest BCUT2D eigenvalue weighted by molar-refractivity contribution is -0.386. The molecule has 0 bridgehead atoms. The van der Waals surface area contributed by atoms with E-state index in [0.717, 1.165) is 148 Å². The Labute approximate surface area is 776 Å². The molecule has 10 aromatic rings. The molecule has 6 aromatic carbocycles. The molecule has 4 N–H and O–H groups in total. The number of anilines is 2. The van der Waals surface area contributed by atoms with Crippen molar-refractivity contribution in [2.75, 3.05) is 112 Å². The fourth-order valence-electron chi connectivity index (χ4n) is 19.1. The van der Waals surface area contributed by atoms with Gasteiger partial charge in [-0.05, 0) is 226 Å². The fraction of sp³-hybridized carbons (Fsp3) is 0.423. The SMILES string of the molecule is CCN=S1(=O)CCC(C(C)Cc2ccc(S(=O)(=O)NC(=O)c3ccc(N4CCN(CC5=C(c6ccc(Cl)cc6)CC(C)(C)CC5)CC4)cc3Oc3cnc4[nH]ccc4c3)cc2[N+](=O)[O-])CC1.CN=S1(=O)CCC(C(C)Cc2ccc(S(=O)(=O)NC(=O)c3ccc(N4CCN(CC5=C(c6ccc(Cl)cc6)CC(C)(C)CC5)CC4)cc3Oc3cnc4[nH]ccc4c3)cc2[N+](=O)[O-])CC1. The number of hydrogen-bond acceptors (Lipinski definition) is 22. The first-order valence-electron chi connectivity index (χ1n) is 44.8. The van der Waals surface area contributed by atoms with E-state index in [1.165, 1.54) is 70.1 Å². The summed E-state index contributed by atoms with van der Waals surface area (Å²) < 4.78 is 106. The van der Waals surface area contributed by atoms with Crippen LogP contribution >= 0.6 is 23.2 Å². The van der Waals surface area contributed by atoms with E-state index in [4.69, 9.17) is 32.7 Å². The first-order chi connectivity index (χ1) is 62.5. The van der Waals surface area contributed by atoms with Gasteiger partial charge in [-0.25, -0.2) is 53.4 Å². The number of nitro groups is 2. The normalized spacial score (nSPS) is 20.9. The lowest BCUT2D eigenvalue weighted by Gasteiger charge is -2.39. The number of H-pyrrole nitrogens is 2. The van der Waals surface area contributed by atoms with E-state index in [9.17, 15) is 55.1 Å². The molecule has 2 aliphatic carbocycles. The van der Waals surface area contributed by atoms with Crippen LogP contribution in [0.25, 0.3) is 33.2 Å². The van der Waals surface area contributed by atoms with Crippen molar-refractivity contribution >= 4 is 130 Å². The van der Waals surface area contributed by atoms with Crippen molar-refractivity contribution in [2.45, 2.75) is 135 Å². The monoisotopic (exact) mass is 1900 g/mol. The molecule has 0 spiro atoms. The summed E-state index contributed by atoms with van der Waals surface area (Å²) in [5.74, 6) is 1.48. The molecule has 28 nitrogen and oxygen atoms in total. The molecule has 2 unspecified atom stereocenters. The highest BCUT2D eigenvalue weighted by molar-refractivity contribution is 7.94. The van der Waals surface area contributed by atoms with Gasteiger partial charge in [0.25, 0.3) is 43.2 Å². The zero-order valence-corrected chi connectivity index (χ0v) is 79.9. The number of allylic oxidation sites excluding steroid dienone is 2. The number of carbonyl (C=O) groups excluding carboxylic acids is 2. The van der Waals surface area contributed by atoms with Crippen molar-refractivity contribution in [1.29, 1.82) is 0 Å². The van der Waals surface area contributed by atoms with Crippen LogP contribution in [-0.2, 0) is 52.3 Å². The highest BCUT2D eigenvalue weighted by Gasteiger charge is 2.37. The summed E-state index contributed by atoms with van der Waals surface area (Å²) in [5, 5.41) is 27.7. The molecule has 8 heterocycles. The van der Waals surface area contributed by atoms with E-state index in [1.807, 2.05) is 57.2 Å². The third kappa shape index (κ3) is 23.2. The van der Waals surface area contributed by atoms with Crippen LogP contribution in [-0.4, -0.2) is 179 Å². The molecule has 0 saturated carbocycles. The van der Waals surface area contributed by atoms with E-state index in [-0.39, 0.29) is 68.5 Å². The number of aromatic amines is 2. The van der Waals surface area contributed by atoms with Gasteiger partial charge in [0, 0.05) is 201 Å². The number of aromatic nitrogens is 4. The number of benzene rings is 6. The summed E-state index contributed by atoms with van der Waals surface area (Å²) >= 11 is 12.5. The van der Waals surface area contributed by atoms with Crippen LogP contribution in [0.3, 0.4) is 0 Å². The van der Waals surface area contributed by atoms with Gasteiger partial charge in [0.1, 0.15) is 34.3 Å². The summed E-state index contributed by atoms with van der Waals surface area (Å²) in [6.07, 6.45) is 16.4. The van der Waals surface area contributed by atoms with Gasteiger partial charge in [0.2, 0.25) is 0 Å². The fourth-order valence-corrected chi connectivity index (χ4v) is 25.5. The Bertz CT molecular complexity index is 6540. The van der Waals surface area contributed by atoms with Crippen LogP contribution in [0, 0.1) is 54.7 Å². The van der Waals surface area contributed by atoms with E-state index >= 15 is 0 Å². The molecule has 4 aromatic heterocycles. The number of amides is 2. The van der Waals surface area contributed by atoms with E-state index in [0.29, 0.717) is 102 Å². The predicted molar refractivity (Wildman–Crippen MR) is 518 cm³/mol. The van der Waals surface area contributed by atoms with Gasteiger partial charge in [-0.1, -0.05) is 112 Å². The molecule has 4 saturated heterocycles. The van der Waals surface area contributed by atoms with Gasteiger partial charge < -0.3 is 29.2 Å². The maximum absolute atomic E-state index is 14.0. The predicted octanol–water partition coefficient (Wildman–Crippen LogP) is 19.4. The number of nitrogens with zero attached hydrogens (tertiary/aromatic N) is 10. The number of nitro benzene ring substituents is 2. The molecule has 2 amide bonds. The van der Waals surface area contributed by atoms with Gasteiger partial charge in [-0.15, -0.1) is 0 Å². The third-order valence-corrected chi connectivity index (χ3v) is 34.9. The summed E-state index contributed by atoms with van der Waals surface area (Å²) in [6, 6.07) is 41.2. The Morgan fingerprint density at radius 3 is 1.31 bits per heavy atom. The van der Waals surface area contributed by atoms with Crippen molar-refractivity contribution in [3.63, 3.8) is 0 Å². The van der Waals surface area contributed by atoms with E-state index in [1.54, 1.807) is 68.0 Å². The molecule has 4 fully saturated rings. The van der Waals surface area contributed by atoms with Crippen LogP contribution in [0.15, 0.2) is 200 Å². The topological polar surface area (TPSA) is 360 Å². The van der Waals surface area contributed by atoms with Crippen molar-refractivity contribution in [2.24, 2.45) is 43.2 Å². The number of pyridine rings is 2. The molecule has 16 rings (SSSR count). The second-order valence-electron chi connectivity index (χ2n) is 37.1. The lowest BCUT2D eigenvalue weighted by Crippen LogP contribution is -2.47. The minimum absolute atomic E-state index is 0.0239. The van der Waals surface area contributed by atoms with Crippen LogP contribution in [0.5, 0.6) is 23.0 Å². The minimum Gasteiger partial charge on any atom is -0.455 e. The maximum atomic E-state index is 14.0. The van der Waals surface area contributed by atoms with Crippen molar-refractivity contribution in [3.8, 4) is 23.0 Å². The molecule has 4 aliphatic heterocycles. The Balaban J connectivity index is 0.000000201. The Kier molecular flexibility index (Phi) is 29.1. The number of hydrogen-bond donors (Lipinski definition) is 4. The average molecular weight is 1900 g/mol. The number of rotatable bonds is 27. The molecular weight excluding hydrogens is 1780 g/mol. The summed E-state index contributed by atoms with van der Waals surface area (Å²) in [6.45, 7) is 23.6. The average Bonchev–Trinajstić information content (AvgIpc) is 1.27. The Morgan fingerprint density at radius 2 is 0.939 bits per heavy atom. The molecule has 6 aliphatic rings. The number of sulfonamides is 2. The van der Waals surface area contributed by atoms with Crippen molar-refractivity contribution in [3.05, 3.63) is 245 Å². The number of nitrogens with one attached hydrogen (secondary N) is 4. The molecule has 2 atom stereocenters. The first kappa shape index (κ1) is 95.0. The number of fused-ring (bicyclic) bond motifs is 2. The van der Waals surface area contributed by atoms with Crippen molar-refractivity contribution < 1.29 is 54.2 Å². The largest absolute Gasteiger partial charge is 0.455 e. The summed E-state index contributed by atoms with van der Waals surface area (Å²) in [5.41, 5.74) is 11.5. The number of piperazine rings is 2. The molecular formula is C97H114Cl2N14O14S4. The first-order valence-corrected chi connectivity index (χ1v) is 52.3. The van der Waals surface area contributed by atoms with Crippen LogP contribution < -0.4 is 28.7 Å². The number of halogens is 2. The molecule has 131 heavy (non-hydrogen) atoms. The number of ether oxygens (including phenoxy) is 2. The zero-order chi connectivity index (χ0) is 92.9. The lowest BCUT2D eigenvalue weighted by atomic mass is 9.72. The second kappa shape index (κ2) is 40.1. The van der Waals surface area contributed by atoms with E-state index in [2.05, 4.69) is 110 Å². The molecule has 0 radical (unpaired) electrons. The van der Waals surface area contributed by atoms with Crippen LogP contribution in [0.2, 0.25) is 10.0 Å². The smallest absolute Gasteiger partial charge is 0.273 e. The maximum Gasteiger partial charge on any atom is 0.273 e. The number of carbonyl (C=O) groups is 2. The standard InChI is InChI=1S/C49H58ClN7O7S2.C48H56ClN7O7S2/c1-5-53-65(61)24-16-34(17-25-65)33(2)26-36-8-12-42(29-45(36)57(59)60)66(62,63)54-48(58)43-13-11-40(28-46(43)64-41-27-37-15-19-51-47(37)52-31-41)56-22-20-55(21-23-56)32-38-14-18-49(3,4)30-44(38)35-6-9-39(50)10-7-35;1-32(33-15-23-64(60,50-4)24-16-33)25-35-7-11-41(28-44(35)56(58)59)65(61,62)53-47(57)42-12-10-39(27-45(42)63-40-26-36-14-18-51-46(36)52-30-40)55-21-19-54(20-22-55)31-37-13-17-48(2,3)29-43(37)34-5-8-38(49)9-6-34/h6-13,15,19,27-29,31,33-34H,5,14,16-18,20-26,30,32H2,1-4H3,(H,51,52)(H,54,58);5-12,14,18,26-28,30,32-33H,13,15-17,19-25,29,31H2,1-4H3,(H,51,52)(H,53,57). The summed E-state index contributed by atoms with van der Waals surface area (Å²) in [7, 11) is -12.0. The molecule has 34 heteroatoms.